The molecule has 0 bridgehead atoms. The van der Waals surface area contributed by atoms with E-state index in [1.165, 1.54) is 6.42 Å². The quantitative estimate of drug-likeness (QED) is 0.347. The first-order chi connectivity index (χ1) is 19.3. The van der Waals surface area contributed by atoms with E-state index in [0.717, 1.165) is 36.1 Å². The third-order valence-corrected chi connectivity index (χ3v) is 9.33. The molecule has 1 unspecified atom stereocenters. The summed E-state index contributed by atoms with van der Waals surface area (Å²) in [6, 6.07) is 11.1. The van der Waals surface area contributed by atoms with E-state index in [9.17, 15) is 14.4 Å². The number of piperidine rings is 1. The second kappa shape index (κ2) is 14.0. The van der Waals surface area contributed by atoms with Gasteiger partial charge in [0.2, 0.25) is 11.8 Å². The normalized spacial score (nSPS) is 18.9. The van der Waals surface area contributed by atoms with E-state index in [0.29, 0.717) is 50.9 Å². The first-order valence-electron chi connectivity index (χ1n) is 14.7. The number of hydrogen-bond donors (Lipinski definition) is 3. The van der Waals surface area contributed by atoms with Crippen LogP contribution in [0.25, 0.3) is 0 Å². The smallest absolute Gasteiger partial charge is 0.408 e. The Bertz CT molecular complexity index is 1110. The van der Waals surface area contributed by atoms with Crippen LogP contribution in [0.15, 0.2) is 41.8 Å². The summed E-state index contributed by atoms with van der Waals surface area (Å²) >= 11 is 1.56. The number of anilines is 1. The third-order valence-electron chi connectivity index (χ3n) is 8.44. The maximum Gasteiger partial charge on any atom is 0.408 e. The van der Waals surface area contributed by atoms with Crippen LogP contribution in [0.4, 0.5) is 10.5 Å². The highest BCUT2D eigenvalue weighted by Gasteiger charge is 2.44. The lowest BCUT2D eigenvalue weighted by atomic mass is 9.72. The van der Waals surface area contributed by atoms with Gasteiger partial charge in [-0.05, 0) is 74.6 Å². The summed E-state index contributed by atoms with van der Waals surface area (Å²) in [4.78, 5) is 43.0. The van der Waals surface area contributed by atoms with Gasteiger partial charge < -0.3 is 26.0 Å². The molecular formula is C31H44N4O4S. The number of rotatable bonds is 10. The Morgan fingerprint density at radius 2 is 1.80 bits per heavy atom. The second-order valence-corrected chi connectivity index (χ2v) is 12.5. The number of benzene rings is 1. The zero-order valence-electron chi connectivity index (χ0n) is 23.8. The maximum absolute atomic E-state index is 13.8. The number of likely N-dealkylation sites (tertiary alicyclic amines) is 1. The van der Waals surface area contributed by atoms with Gasteiger partial charge in [0.05, 0.1) is 5.41 Å². The van der Waals surface area contributed by atoms with Crippen LogP contribution in [0.5, 0.6) is 0 Å². The molecule has 218 valence electrons. The number of hydrogen-bond acceptors (Lipinski definition) is 6. The zero-order chi connectivity index (χ0) is 28.5. The standard InChI is InChI=1S/C31H44N4O4S/c1-3-22(2)39-30(38)34-27(20-26-10-7-19-40-26)28(36)35-17-15-31(16-18-35,21-23-11-13-24(32)14-12-23)29(37)33-25-8-5-4-6-9-25/h7,10-14,19,22,25,27H,3-6,8-9,15-18,20-21,32H2,1-2H3,(H,33,37)(H,34,38)/t22?,27-/m0/s1. The lowest BCUT2D eigenvalue weighted by Gasteiger charge is -2.42. The van der Waals surface area contributed by atoms with Crippen molar-refractivity contribution < 1.29 is 19.1 Å². The van der Waals surface area contributed by atoms with Gasteiger partial charge in [0.15, 0.2) is 0 Å². The van der Waals surface area contributed by atoms with E-state index in [4.69, 9.17) is 10.5 Å². The average molecular weight is 569 g/mol. The Labute approximate surface area is 242 Å². The van der Waals surface area contributed by atoms with Gasteiger partial charge in [-0.3, -0.25) is 9.59 Å². The van der Waals surface area contributed by atoms with Crippen molar-refractivity contribution in [2.45, 2.75) is 96.2 Å². The molecule has 2 aliphatic rings. The third kappa shape index (κ3) is 7.99. The number of carbonyl (C=O) groups is 3. The molecule has 9 heteroatoms. The number of nitrogens with one attached hydrogen (secondary N) is 2. The van der Waals surface area contributed by atoms with Crippen LogP contribution in [0.3, 0.4) is 0 Å². The van der Waals surface area contributed by atoms with Gasteiger partial charge in [-0.2, -0.15) is 0 Å². The molecular weight excluding hydrogens is 524 g/mol. The highest BCUT2D eigenvalue weighted by atomic mass is 32.1. The number of nitrogen functional groups attached to an aromatic ring is 1. The maximum atomic E-state index is 13.8. The topological polar surface area (TPSA) is 114 Å². The summed E-state index contributed by atoms with van der Waals surface area (Å²) in [6.07, 6.45) is 7.59. The molecule has 1 aliphatic heterocycles. The van der Waals surface area contributed by atoms with E-state index in [1.54, 1.807) is 16.2 Å². The molecule has 4 N–H and O–H groups in total. The number of nitrogens with two attached hydrogens (primary N) is 1. The minimum absolute atomic E-state index is 0.0914. The molecule has 1 aromatic heterocycles. The van der Waals surface area contributed by atoms with Crippen molar-refractivity contribution in [3.8, 4) is 0 Å². The fraction of sp³-hybridized carbons (Fsp3) is 0.581. The van der Waals surface area contributed by atoms with E-state index < -0.39 is 17.6 Å². The van der Waals surface area contributed by atoms with Crippen molar-refractivity contribution in [3.63, 3.8) is 0 Å². The van der Waals surface area contributed by atoms with Gasteiger partial charge >= 0.3 is 6.09 Å². The predicted molar refractivity (Wildman–Crippen MR) is 159 cm³/mol. The molecule has 1 aromatic carbocycles. The van der Waals surface area contributed by atoms with Crippen molar-refractivity contribution in [2.75, 3.05) is 18.8 Å². The average Bonchev–Trinajstić information content (AvgIpc) is 3.47. The summed E-state index contributed by atoms with van der Waals surface area (Å²) in [5, 5.41) is 8.16. The van der Waals surface area contributed by atoms with Gasteiger partial charge in [-0.25, -0.2) is 4.79 Å². The van der Waals surface area contributed by atoms with Crippen LogP contribution in [-0.4, -0.2) is 54.1 Å². The number of thiophene rings is 1. The number of amides is 3. The lowest BCUT2D eigenvalue weighted by molar-refractivity contribution is -0.142. The largest absolute Gasteiger partial charge is 0.447 e. The van der Waals surface area contributed by atoms with Crippen molar-refractivity contribution in [2.24, 2.45) is 5.41 Å². The van der Waals surface area contributed by atoms with E-state index in [2.05, 4.69) is 10.6 Å². The fourth-order valence-electron chi connectivity index (χ4n) is 5.74. The molecule has 8 nitrogen and oxygen atoms in total. The molecule has 0 radical (unpaired) electrons. The fourth-order valence-corrected chi connectivity index (χ4v) is 6.50. The van der Waals surface area contributed by atoms with Gasteiger partial charge in [0.25, 0.3) is 0 Å². The molecule has 2 aromatic rings. The molecule has 0 spiro atoms. The van der Waals surface area contributed by atoms with Crippen LogP contribution in [0, 0.1) is 5.41 Å². The monoisotopic (exact) mass is 568 g/mol. The Hall–Kier alpha value is -3.07. The van der Waals surface area contributed by atoms with Crippen molar-refractivity contribution in [1.82, 2.24) is 15.5 Å². The molecule has 1 saturated carbocycles. The first-order valence-corrected chi connectivity index (χ1v) is 15.6. The minimum Gasteiger partial charge on any atom is -0.447 e. The molecule has 40 heavy (non-hydrogen) atoms. The Balaban J connectivity index is 1.47. The highest BCUT2D eigenvalue weighted by Crippen LogP contribution is 2.37. The van der Waals surface area contributed by atoms with Gasteiger partial charge in [-0.1, -0.05) is 44.4 Å². The summed E-state index contributed by atoms with van der Waals surface area (Å²) in [7, 11) is 0. The summed E-state index contributed by atoms with van der Waals surface area (Å²) in [5.74, 6) is -0.0445. The van der Waals surface area contributed by atoms with Crippen LogP contribution >= 0.6 is 11.3 Å². The molecule has 4 rings (SSSR count). The lowest BCUT2D eigenvalue weighted by Crippen LogP contribution is -2.56. The molecule has 1 aliphatic carbocycles. The van der Waals surface area contributed by atoms with Crippen LogP contribution in [0.1, 0.15) is 75.7 Å². The minimum atomic E-state index is -0.726. The Morgan fingerprint density at radius 1 is 1.10 bits per heavy atom. The molecule has 2 heterocycles. The predicted octanol–water partition coefficient (Wildman–Crippen LogP) is 5.07. The van der Waals surface area contributed by atoms with Crippen LogP contribution < -0.4 is 16.4 Å². The number of nitrogens with zero attached hydrogens (tertiary/aromatic N) is 1. The number of alkyl carbamates (subject to hydrolysis) is 1. The Kier molecular flexibility index (Phi) is 10.5. The van der Waals surface area contributed by atoms with Gasteiger partial charge in [0, 0.05) is 36.1 Å². The van der Waals surface area contributed by atoms with E-state index in [-0.39, 0.29) is 24.0 Å². The van der Waals surface area contributed by atoms with Crippen LogP contribution in [0.2, 0.25) is 0 Å². The molecule has 2 fully saturated rings. The summed E-state index contributed by atoms with van der Waals surface area (Å²) in [6.45, 7) is 4.68. The second-order valence-electron chi connectivity index (χ2n) is 11.4. The van der Waals surface area contributed by atoms with Crippen molar-refractivity contribution >= 4 is 34.9 Å². The SMILES string of the molecule is CCC(C)OC(=O)N[C@@H](Cc1cccs1)C(=O)N1CCC(Cc2ccc(N)cc2)(C(=O)NC2CCCCC2)CC1. The van der Waals surface area contributed by atoms with E-state index in [1.807, 2.05) is 55.6 Å². The Morgan fingerprint density at radius 3 is 2.42 bits per heavy atom. The number of carbonyl (C=O) groups excluding carboxylic acids is 3. The van der Waals surface area contributed by atoms with Crippen LogP contribution in [-0.2, 0) is 27.2 Å². The molecule has 2 atom stereocenters. The molecule has 1 saturated heterocycles. The zero-order valence-corrected chi connectivity index (χ0v) is 24.6. The van der Waals surface area contributed by atoms with Crippen molar-refractivity contribution in [3.05, 3.63) is 52.2 Å². The molecule has 3 amide bonds. The number of ether oxygens (including phenoxy) is 1. The summed E-state index contributed by atoms with van der Waals surface area (Å²) < 4.78 is 5.42. The van der Waals surface area contributed by atoms with E-state index >= 15 is 0 Å². The van der Waals surface area contributed by atoms with Crippen molar-refractivity contribution in [1.29, 1.82) is 0 Å². The van der Waals surface area contributed by atoms with Gasteiger partial charge in [0.1, 0.15) is 12.1 Å². The first kappa shape index (κ1) is 29.9. The summed E-state index contributed by atoms with van der Waals surface area (Å²) in [5.41, 5.74) is 7.07. The van der Waals surface area contributed by atoms with Gasteiger partial charge in [-0.15, -0.1) is 11.3 Å². The highest BCUT2D eigenvalue weighted by molar-refractivity contribution is 7.09.